The largest absolute Gasteiger partial charge is 0.467 e. The van der Waals surface area contributed by atoms with E-state index in [0.717, 1.165) is 19.4 Å². The van der Waals surface area contributed by atoms with Gasteiger partial charge in [0.1, 0.15) is 0 Å². The summed E-state index contributed by atoms with van der Waals surface area (Å²) < 4.78 is 5.75. The molecule has 0 fully saturated rings. The lowest BCUT2D eigenvalue weighted by atomic mass is 10.1. The molecule has 0 aliphatic carbocycles. The Morgan fingerprint density at radius 3 is 2.79 bits per heavy atom. The standard InChI is InChI=1S/C9H11IO3Si/c10-8-3-6(4-11)1-2-7(8)9(12)13-5-14/h1-3,11H,4-5H2,14H3. The first-order valence-corrected chi connectivity index (χ1v) is 6.74. The molecular formula is C9H11IO3Si. The van der Waals surface area contributed by atoms with Crippen LogP contribution in [0.5, 0.6) is 0 Å². The predicted octanol–water partition coefficient (Wildman–Crippen LogP) is 0.263. The topological polar surface area (TPSA) is 46.5 Å². The zero-order valence-electron chi connectivity index (χ0n) is 7.79. The van der Waals surface area contributed by atoms with Crippen molar-refractivity contribution in [3.63, 3.8) is 0 Å². The van der Waals surface area contributed by atoms with Gasteiger partial charge in [0.25, 0.3) is 0 Å². The molecule has 14 heavy (non-hydrogen) atoms. The number of halogens is 1. The second kappa shape index (κ2) is 5.47. The lowest BCUT2D eigenvalue weighted by Crippen LogP contribution is -2.08. The minimum absolute atomic E-state index is 0.00792. The van der Waals surface area contributed by atoms with Crippen molar-refractivity contribution in [2.24, 2.45) is 0 Å². The van der Waals surface area contributed by atoms with Gasteiger partial charge in [0, 0.05) is 3.57 Å². The van der Waals surface area contributed by atoms with Crippen LogP contribution in [0.1, 0.15) is 15.9 Å². The van der Waals surface area contributed by atoms with E-state index in [0.29, 0.717) is 11.8 Å². The average Bonchev–Trinajstić information content (AvgIpc) is 2.17. The van der Waals surface area contributed by atoms with Gasteiger partial charge in [-0.3, -0.25) is 0 Å². The van der Waals surface area contributed by atoms with Crippen molar-refractivity contribution in [2.45, 2.75) is 6.61 Å². The fraction of sp³-hybridized carbons (Fsp3) is 0.222. The van der Waals surface area contributed by atoms with E-state index in [4.69, 9.17) is 9.84 Å². The van der Waals surface area contributed by atoms with Crippen LogP contribution in [0.2, 0.25) is 0 Å². The number of aliphatic hydroxyl groups excluding tert-OH is 1. The number of benzene rings is 1. The fourth-order valence-electron chi connectivity index (χ4n) is 1.03. The number of ether oxygens (including phenoxy) is 1. The summed E-state index contributed by atoms with van der Waals surface area (Å²) in [7, 11) is 0.849. The summed E-state index contributed by atoms with van der Waals surface area (Å²) >= 11 is 2.06. The zero-order valence-corrected chi connectivity index (χ0v) is 11.9. The highest BCUT2D eigenvalue weighted by atomic mass is 127. The van der Waals surface area contributed by atoms with Gasteiger partial charge >= 0.3 is 5.97 Å². The Morgan fingerprint density at radius 2 is 2.29 bits per heavy atom. The Hall–Kier alpha value is -0.403. The summed E-state index contributed by atoms with van der Waals surface area (Å²) in [6.07, 6.45) is 0.511. The van der Waals surface area contributed by atoms with Crippen LogP contribution >= 0.6 is 22.6 Å². The van der Waals surface area contributed by atoms with E-state index in [-0.39, 0.29) is 12.6 Å². The molecule has 0 radical (unpaired) electrons. The molecule has 0 amide bonds. The quantitative estimate of drug-likeness (QED) is 0.493. The summed E-state index contributed by atoms with van der Waals surface area (Å²) in [5.41, 5.74) is 1.37. The lowest BCUT2D eigenvalue weighted by Gasteiger charge is -2.05. The van der Waals surface area contributed by atoms with Crippen LogP contribution < -0.4 is 0 Å². The maximum absolute atomic E-state index is 11.4. The molecule has 0 bridgehead atoms. The monoisotopic (exact) mass is 322 g/mol. The highest BCUT2D eigenvalue weighted by Gasteiger charge is 2.10. The SMILES string of the molecule is O=C(OC[SiH3])c1ccc(CO)cc1I. The van der Waals surface area contributed by atoms with Gasteiger partial charge in [-0.2, -0.15) is 0 Å². The van der Waals surface area contributed by atoms with E-state index < -0.39 is 0 Å². The fourth-order valence-corrected chi connectivity index (χ4v) is 2.09. The van der Waals surface area contributed by atoms with Crippen LogP contribution in [0.4, 0.5) is 0 Å². The molecule has 1 aromatic carbocycles. The number of hydrogen-bond acceptors (Lipinski definition) is 3. The van der Waals surface area contributed by atoms with E-state index >= 15 is 0 Å². The molecule has 3 nitrogen and oxygen atoms in total. The third-order valence-electron chi connectivity index (χ3n) is 1.71. The molecule has 0 saturated heterocycles. The molecule has 0 heterocycles. The first-order valence-electron chi connectivity index (χ1n) is 4.25. The molecule has 1 aromatic rings. The molecule has 0 aliphatic rings. The van der Waals surface area contributed by atoms with Crippen molar-refractivity contribution in [1.82, 2.24) is 0 Å². The first kappa shape index (κ1) is 11.7. The van der Waals surface area contributed by atoms with Gasteiger partial charge in [-0.15, -0.1) is 0 Å². The first-order chi connectivity index (χ1) is 6.69. The normalized spacial score (nSPS) is 10.1. The summed E-state index contributed by atoms with van der Waals surface area (Å²) in [5, 5.41) is 8.88. The van der Waals surface area contributed by atoms with Crippen molar-refractivity contribution >= 4 is 38.8 Å². The summed E-state index contributed by atoms with van der Waals surface area (Å²) in [5.74, 6) is -0.283. The predicted molar refractivity (Wildman–Crippen MR) is 65.3 cm³/mol. The van der Waals surface area contributed by atoms with E-state index in [1.54, 1.807) is 18.2 Å². The third-order valence-corrected chi connectivity index (χ3v) is 2.89. The summed E-state index contributed by atoms with van der Waals surface area (Å²) in [4.78, 5) is 11.4. The molecular weight excluding hydrogens is 311 g/mol. The Bertz CT molecular complexity index is 341. The van der Waals surface area contributed by atoms with E-state index in [9.17, 15) is 4.79 Å². The molecule has 0 unspecified atom stereocenters. The van der Waals surface area contributed by atoms with Crippen LogP contribution in [0.25, 0.3) is 0 Å². The smallest absolute Gasteiger partial charge is 0.338 e. The Balaban J connectivity index is 2.94. The van der Waals surface area contributed by atoms with Crippen LogP contribution in [0, 0.1) is 3.57 Å². The van der Waals surface area contributed by atoms with Gasteiger partial charge in [-0.1, -0.05) is 6.07 Å². The van der Waals surface area contributed by atoms with E-state index in [1.807, 2.05) is 0 Å². The van der Waals surface area contributed by atoms with Crippen molar-refractivity contribution in [3.8, 4) is 0 Å². The zero-order chi connectivity index (χ0) is 10.6. The number of hydrogen-bond donors (Lipinski definition) is 1. The number of carbonyl (C=O) groups is 1. The molecule has 1 N–H and O–H groups in total. The van der Waals surface area contributed by atoms with Gasteiger partial charge in [0.05, 0.1) is 28.6 Å². The van der Waals surface area contributed by atoms with Gasteiger partial charge in [-0.25, -0.2) is 4.79 Å². The molecule has 76 valence electrons. The second-order valence-corrected chi connectivity index (χ2v) is 4.43. The summed E-state index contributed by atoms with van der Waals surface area (Å²) in [6, 6.07) is 5.20. The van der Waals surface area contributed by atoms with Crippen LogP contribution in [0.15, 0.2) is 18.2 Å². The highest BCUT2D eigenvalue weighted by Crippen LogP contribution is 2.15. The Kier molecular flexibility index (Phi) is 4.56. The molecule has 0 aliphatic heterocycles. The van der Waals surface area contributed by atoms with E-state index in [1.165, 1.54) is 0 Å². The van der Waals surface area contributed by atoms with Crippen LogP contribution in [-0.4, -0.2) is 27.5 Å². The van der Waals surface area contributed by atoms with Gasteiger partial charge in [-0.05, 0) is 40.3 Å². The Morgan fingerprint density at radius 1 is 1.57 bits per heavy atom. The maximum atomic E-state index is 11.4. The maximum Gasteiger partial charge on any atom is 0.338 e. The average molecular weight is 322 g/mol. The molecule has 0 atom stereocenters. The Labute approximate surface area is 99.0 Å². The number of carbonyl (C=O) groups excluding carboxylic acids is 1. The summed E-state index contributed by atoms with van der Waals surface area (Å²) in [6.45, 7) is -0.00792. The molecule has 1 rings (SSSR count). The highest BCUT2D eigenvalue weighted by molar-refractivity contribution is 14.1. The van der Waals surface area contributed by atoms with Gasteiger partial charge < -0.3 is 9.84 Å². The molecule has 0 spiro atoms. The van der Waals surface area contributed by atoms with Crippen LogP contribution in [-0.2, 0) is 11.3 Å². The molecule has 0 aromatic heterocycles. The van der Waals surface area contributed by atoms with Gasteiger partial charge in [0.15, 0.2) is 0 Å². The van der Waals surface area contributed by atoms with E-state index in [2.05, 4.69) is 22.6 Å². The number of rotatable bonds is 3. The minimum Gasteiger partial charge on any atom is -0.467 e. The number of esters is 1. The van der Waals surface area contributed by atoms with Crippen molar-refractivity contribution < 1.29 is 14.6 Å². The van der Waals surface area contributed by atoms with Gasteiger partial charge in [0.2, 0.25) is 0 Å². The molecule has 5 heteroatoms. The second-order valence-electron chi connectivity index (χ2n) is 2.69. The van der Waals surface area contributed by atoms with Crippen molar-refractivity contribution in [3.05, 3.63) is 32.9 Å². The van der Waals surface area contributed by atoms with Crippen molar-refractivity contribution in [2.75, 3.05) is 6.23 Å². The van der Waals surface area contributed by atoms with Crippen LogP contribution in [0.3, 0.4) is 0 Å². The molecule has 0 saturated carbocycles. The third kappa shape index (κ3) is 2.79. The minimum atomic E-state index is -0.283. The van der Waals surface area contributed by atoms with Crippen molar-refractivity contribution in [1.29, 1.82) is 0 Å². The lowest BCUT2D eigenvalue weighted by molar-refractivity contribution is 0.0572. The number of aliphatic hydroxyl groups is 1.